The fourth-order valence-electron chi connectivity index (χ4n) is 3.08. The number of carbonyl (C=O) groups excluding carboxylic acids is 2. The largest absolute Gasteiger partial charge is 0.469 e. The van der Waals surface area contributed by atoms with Crippen LogP contribution in [0.15, 0.2) is 24.3 Å². The molecule has 2 rings (SSSR count). The minimum absolute atomic E-state index is 0.142. The molecular formula is C18H25NO3. The molecule has 1 fully saturated rings. The Balaban J connectivity index is 1.90. The van der Waals surface area contributed by atoms with Crippen molar-refractivity contribution in [3.05, 3.63) is 35.4 Å². The topological polar surface area (TPSA) is 69.4 Å². The molecule has 4 heteroatoms. The molecule has 1 saturated carbocycles. The van der Waals surface area contributed by atoms with Crippen LogP contribution in [0.1, 0.15) is 48.0 Å². The Morgan fingerprint density at radius 3 is 2.32 bits per heavy atom. The second-order valence-electron chi connectivity index (χ2n) is 6.09. The Morgan fingerprint density at radius 1 is 1.14 bits per heavy atom. The summed E-state index contributed by atoms with van der Waals surface area (Å²) in [6.07, 6.45) is 5.03. The van der Waals surface area contributed by atoms with Crippen molar-refractivity contribution in [3.8, 4) is 0 Å². The van der Waals surface area contributed by atoms with Gasteiger partial charge in [0, 0.05) is 17.9 Å². The number of methoxy groups -OCH3 is 1. The first-order valence-electron chi connectivity index (χ1n) is 8.04. The Hall–Kier alpha value is -1.68. The van der Waals surface area contributed by atoms with Gasteiger partial charge in [-0.1, -0.05) is 24.3 Å². The van der Waals surface area contributed by atoms with E-state index >= 15 is 0 Å². The molecule has 1 aromatic carbocycles. The molecule has 0 saturated heterocycles. The van der Waals surface area contributed by atoms with E-state index in [1.165, 1.54) is 7.11 Å². The zero-order valence-corrected chi connectivity index (χ0v) is 13.2. The average molecular weight is 303 g/mol. The molecular weight excluding hydrogens is 278 g/mol. The van der Waals surface area contributed by atoms with Crippen molar-refractivity contribution in [3.63, 3.8) is 0 Å². The van der Waals surface area contributed by atoms with E-state index < -0.39 is 0 Å². The lowest BCUT2D eigenvalue weighted by Gasteiger charge is -2.26. The third-order valence-corrected chi connectivity index (χ3v) is 4.63. The first-order chi connectivity index (χ1) is 10.6. The Morgan fingerprint density at radius 2 is 1.77 bits per heavy atom. The fraction of sp³-hybridized carbons (Fsp3) is 0.556. The molecule has 22 heavy (non-hydrogen) atoms. The summed E-state index contributed by atoms with van der Waals surface area (Å²) in [5.74, 6) is 0.764. The van der Waals surface area contributed by atoms with Crippen LogP contribution in [0, 0.1) is 11.8 Å². The molecule has 4 nitrogen and oxygen atoms in total. The Labute approximate surface area is 132 Å². The molecule has 0 amide bonds. The number of hydrogen-bond donors (Lipinski definition) is 1. The smallest absolute Gasteiger partial charge is 0.305 e. The maximum absolute atomic E-state index is 12.5. The Kier molecular flexibility index (Phi) is 6.13. The molecule has 1 aromatic rings. The average Bonchev–Trinajstić information content (AvgIpc) is 2.59. The van der Waals surface area contributed by atoms with E-state index in [-0.39, 0.29) is 17.7 Å². The summed E-state index contributed by atoms with van der Waals surface area (Å²) in [6.45, 7) is 0.732. The third kappa shape index (κ3) is 4.41. The van der Waals surface area contributed by atoms with E-state index in [1.54, 1.807) is 0 Å². The number of nitrogens with two attached hydrogens (primary N) is 1. The molecule has 0 unspecified atom stereocenters. The molecule has 120 valence electrons. The predicted molar refractivity (Wildman–Crippen MR) is 85.6 cm³/mol. The molecule has 0 bridgehead atoms. The summed E-state index contributed by atoms with van der Waals surface area (Å²) >= 11 is 0. The van der Waals surface area contributed by atoms with Crippen molar-refractivity contribution in [1.82, 2.24) is 0 Å². The first kappa shape index (κ1) is 16.7. The maximum Gasteiger partial charge on any atom is 0.305 e. The number of ketones is 1. The first-order valence-corrected chi connectivity index (χ1v) is 8.04. The summed E-state index contributed by atoms with van der Waals surface area (Å²) in [5, 5.41) is 0. The highest BCUT2D eigenvalue weighted by atomic mass is 16.5. The van der Waals surface area contributed by atoms with Crippen LogP contribution in [-0.2, 0) is 16.0 Å². The minimum atomic E-state index is -0.211. The van der Waals surface area contributed by atoms with Gasteiger partial charge in [0.1, 0.15) is 0 Å². The van der Waals surface area contributed by atoms with Gasteiger partial charge in [-0.25, -0.2) is 0 Å². The fourth-order valence-corrected chi connectivity index (χ4v) is 3.08. The van der Waals surface area contributed by atoms with Crippen LogP contribution in [0.2, 0.25) is 0 Å². The maximum atomic E-state index is 12.5. The van der Waals surface area contributed by atoms with Crippen LogP contribution in [0.5, 0.6) is 0 Å². The zero-order chi connectivity index (χ0) is 15.9. The summed E-state index contributed by atoms with van der Waals surface area (Å²) in [6, 6.07) is 7.62. The van der Waals surface area contributed by atoms with E-state index in [0.29, 0.717) is 18.8 Å². The van der Waals surface area contributed by atoms with Gasteiger partial charge in [0.25, 0.3) is 0 Å². The van der Waals surface area contributed by atoms with Gasteiger partial charge >= 0.3 is 5.97 Å². The lowest BCUT2D eigenvalue weighted by atomic mass is 9.78. The minimum Gasteiger partial charge on any atom is -0.469 e. The third-order valence-electron chi connectivity index (χ3n) is 4.63. The SMILES string of the molecule is COC(=O)CCc1ccc(C(=O)C2CCC(CN)CC2)cc1. The van der Waals surface area contributed by atoms with Crippen LogP contribution >= 0.6 is 0 Å². The number of esters is 1. The van der Waals surface area contributed by atoms with Gasteiger partial charge in [0.15, 0.2) is 5.78 Å². The van der Waals surface area contributed by atoms with Crippen molar-refractivity contribution in [2.75, 3.05) is 13.7 Å². The van der Waals surface area contributed by atoms with Crippen molar-refractivity contribution in [1.29, 1.82) is 0 Å². The van der Waals surface area contributed by atoms with Crippen LogP contribution in [0.4, 0.5) is 0 Å². The standard InChI is InChI=1S/C18H25NO3/c1-22-17(20)11-6-13-2-7-15(8-3-13)18(21)16-9-4-14(12-19)5-10-16/h2-3,7-8,14,16H,4-6,9-12,19H2,1H3. The van der Waals surface area contributed by atoms with E-state index in [4.69, 9.17) is 5.73 Å². The number of benzene rings is 1. The van der Waals surface area contributed by atoms with Crippen LogP contribution in [0.25, 0.3) is 0 Å². The summed E-state index contributed by atoms with van der Waals surface area (Å²) < 4.78 is 4.63. The van der Waals surface area contributed by atoms with Gasteiger partial charge in [-0.3, -0.25) is 9.59 Å². The molecule has 0 heterocycles. The molecule has 0 spiro atoms. The highest BCUT2D eigenvalue weighted by Gasteiger charge is 2.26. The van der Waals surface area contributed by atoms with E-state index in [1.807, 2.05) is 24.3 Å². The number of carbonyl (C=O) groups is 2. The lowest BCUT2D eigenvalue weighted by molar-refractivity contribution is -0.140. The highest BCUT2D eigenvalue weighted by molar-refractivity contribution is 5.97. The second-order valence-corrected chi connectivity index (χ2v) is 6.09. The van der Waals surface area contributed by atoms with Crippen molar-refractivity contribution in [2.24, 2.45) is 17.6 Å². The molecule has 0 aliphatic heterocycles. The second kappa shape index (κ2) is 8.08. The molecule has 1 aliphatic rings. The number of rotatable bonds is 6. The van der Waals surface area contributed by atoms with Gasteiger partial charge in [0.2, 0.25) is 0 Å². The van der Waals surface area contributed by atoms with Gasteiger partial charge in [-0.05, 0) is 50.1 Å². The van der Waals surface area contributed by atoms with Crippen molar-refractivity contribution >= 4 is 11.8 Å². The van der Waals surface area contributed by atoms with Crippen LogP contribution < -0.4 is 5.73 Å². The van der Waals surface area contributed by atoms with Gasteiger partial charge in [0.05, 0.1) is 7.11 Å². The lowest BCUT2D eigenvalue weighted by Crippen LogP contribution is -2.25. The monoisotopic (exact) mass is 303 g/mol. The molecule has 0 atom stereocenters. The number of ether oxygens (including phenoxy) is 1. The highest BCUT2D eigenvalue weighted by Crippen LogP contribution is 2.30. The van der Waals surface area contributed by atoms with E-state index in [9.17, 15) is 9.59 Å². The molecule has 1 aliphatic carbocycles. The number of Topliss-reactive ketones (excluding diaryl/α,β-unsaturated/α-hetero) is 1. The molecule has 2 N–H and O–H groups in total. The zero-order valence-electron chi connectivity index (χ0n) is 13.2. The molecule has 0 aromatic heterocycles. The number of hydrogen-bond acceptors (Lipinski definition) is 4. The number of aryl methyl sites for hydroxylation is 1. The van der Waals surface area contributed by atoms with Gasteiger partial charge < -0.3 is 10.5 Å². The van der Waals surface area contributed by atoms with Crippen molar-refractivity contribution in [2.45, 2.75) is 38.5 Å². The van der Waals surface area contributed by atoms with Crippen LogP contribution in [0.3, 0.4) is 0 Å². The molecule has 0 radical (unpaired) electrons. The van der Waals surface area contributed by atoms with E-state index in [0.717, 1.165) is 43.4 Å². The summed E-state index contributed by atoms with van der Waals surface area (Å²) in [7, 11) is 1.39. The summed E-state index contributed by atoms with van der Waals surface area (Å²) in [4.78, 5) is 23.6. The quantitative estimate of drug-likeness (QED) is 0.648. The summed E-state index contributed by atoms with van der Waals surface area (Å²) in [5.41, 5.74) is 7.52. The van der Waals surface area contributed by atoms with Crippen molar-refractivity contribution < 1.29 is 14.3 Å². The van der Waals surface area contributed by atoms with E-state index in [2.05, 4.69) is 4.74 Å². The Bertz CT molecular complexity index is 502. The van der Waals surface area contributed by atoms with Gasteiger partial charge in [-0.2, -0.15) is 0 Å². The van der Waals surface area contributed by atoms with Gasteiger partial charge in [-0.15, -0.1) is 0 Å². The predicted octanol–water partition coefficient (Wildman–Crippen LogP) is 2.74. The normalized spacial score (nSPS) is 21.4. The van der Waals surface area contributed by atoms with Crippen LogP contribution in [-0.4, -0.2) is 25.4 Å².